The normalized spacial score (nSPS) is 15.0. The highest BCUT2D eigenvalue weighted by Gasteiger charge is 2.36. The van der Waals surface area contributed by atoms with Gasteiger partial charge in [-0.2, -0.15) is 0 Å². The van der Waals surface area contributed by atoms with Crippen LogP contribution in [0.25, 0.3) is 6.08 Å². The van der Waals surface area contributed by atoms with E-state index in [1.807, 2.05) is 24.3 Å². The number of carbonyl (C=O) groups is 3. The molecule has 172 valence electrons. The van der Waals surface area contributed by atoms with Gasteiger partial charge in [0.05, 0.1) is 14.6 Å². The molecule has 34 heavy (non-hydrogen) atoms. The number of urea groups is 1. The predicted octanol–water partition coefficient (Wildman–Crippen LogP) is 6.87. The number of hydrogen-bond donors (Lipinski definition) is 1. The molecule has 4 rings (SSSR count). The maximum Gasteiger partial charge on any atom is 0.335 e. The molecule has 3 aromatic carbocycles. The summed E-state index contributed by atoms with van der Waals surface area (Å²) >= 11 is 16.4. The second-order valence-corrected chi connectivity index (χ2v) is 10.2. The van der Waals surface area contributed by atoms with Gasteiger partial charge in [-0.15, -0.1) is 0 Å². The van der Waals surface area contributed by atoms with Crippen molar-refractivity contribution in [1.29, 1.82) is 0 Å². The summed E-state index contributed by atoms with van der Waals surface area (Å²) in [5.74, 6) is -0.963. The molecule has 0 radical (unpaired) electrons. The molecule has 0 unspecified atom stereocenters. The van der Waals surface area contributed by atoms with E-state index in [4.69, 9.17) is 16.3 Å². The Kier molecular flexibility index (Phi) is 7.57. The molecule has 1 saturated heterocycles. The van der Waals surface area contributed by atoms with Crippen LogP contribution in [0.15, 0.2) is 79.7 Å². The van der Waals surface area contributed by atoms with Crippen molar-refractivity contribution in [3.8, 4) is 5.75 Å². The van der Waals surface area contributed by atoms with Crippen molar-refractivity contribution in [2.75, 3.05) is 4.90 Å². The smallest absolute Gasteiger partial charge is 0.335 e. The Morgan fingerprint density at radius 2 is 1.62 bits per heavy atom. The standard InChI is InChI=1S/C24H14Br3ClN2O4/c25-15-6-4-13(5-7-15)12-34-21-19(26)9-14(10-20(21)27)8-18-22(31)29-24(33)30(23(18)32)17-3-1-2-16(28)11-17/h1-11H,12H2,(H,29,31,33)/b18-8+. The largest absolute Gasteiger partial charge is 0.487 e. The topological polar surface area (TPSA) is 75.7 Å². The minimum Gasteiger partial charge on any atom is -0.487 e. The van der Waals surface area contributed by atoms with Crippen molar-refractivity contribution in [3.63, 3.8) is 0 Å². The summed E-state index contributed by atoms with van der Waals surface area (Å²) in [5, 5.41) is 2.55. The van der Waals surface area contributed by atoms with Crippen LogP contribution in [0.4, 0.5) is 10.5 Å². The molecule has 0 atom stereocenters. The maximum atomic E-state index is 13.1. The van der Waals surface area contributed by atoms with Crippen LogP contribution in [0.1, 0.15) is 11.1 Å². The summed E-state index contributed by atoms with van der Waals surface area (Å²) < 4.78 is 8.16. The van der Waals surface area contributed by atoms with Gasteiger partial charge in [0.2, 0.25) is 0 Å². The van der Waals surface area contributed by atoms with E-state index in [-0.39, 0.29) is 11.3 Å². The number of imide groups is 2. The Hall–Kier alpha value is -2.46. The van der Waals surface area contributed by atoms with Crippen LogP contribution in [0.2, 0.25) is 5.02 Å². The number of nitrogens with zero attached hydrogens (tertiary/aromatic N) is 1. The van der Waals surface area contributed by atoms with Gasteiger partial charge >= 0.3 is 6.03 Å². The van der Waals surface area contributed by atoms with Crippen LogP contribution < -0.4 is 15.0 Å². The lowest BCUT2D eigenvalue weighted by Crippen LogP contribution is -2.54. The first-order valence-corrected chi connectivity index (χ1v) is 12.5. The molecule has 0 spiro atoms. The summed E-state index contributed by atoms with van der Waals surface area (Å²) in [6, 6.07) is 16.6. The number of barbiturate groups is 1. The van der Waals surface area contributed by atoms with Crippen molar-refractivity contribution < 1.29 is 19.1 Å². The Morgan fingerprint density at radius 1 is 0.941 bits per heavy atom. The van der Waals surface area contributed by atoms with Gasteiger partial charge in [-0.05, 0) is 91.5 Å². The van der Waals surface area contributed by atoms with Crippen LogP contribution in [-0.4, -0.2) is 17.8 Å². The molecule has 1 fully saturated rings. The van der Waals surface area contributed by atoms with Gasteiger partial charge in [-0.3, -0.25) is 14.9 Å². The Morgan fingerprint density at radius 3 is 2.26 bits per heavy atom. The van der Waals surface area contributed by atoms with Gasteiger partial charge in [0, 0.05) is 9.50 Å². The number of ether oxygens (including phenoxy) is 1. The third-order valence-electron chi connectivity index (χ3n) is 4.80. The Bertz CT molecular complexity index is 1320. The summed E-state index contributed by atoms with van der Waals surface area (Å²) in [6.45, 7) is 0.350. The Labute approximate surface area is 225 Å². The van der Waals surface area contributed by atoms with Gasteiger partial charge in [0.15, 0.2) is 0 Å². The molecule has 1 N–H and O–H groups in total. The van der Waals surface area contributed by atoms with E-state index in [0.717, 1.165) is 14.9 Å². The monoisotopic (exact) mass is 666 g/mol. The quantitative estimate of drug-likeness (QED) is 0.238. The molecule has 4 amide bonds. The molecule has 0 bridgehead atoms. The highest BCUT2D eigenvalue weighted by molar-refractivity contribution is 9.11. The number of benzene rings is 3. The van der Waals surface area contributed by atoms with Crippen LogP contribution in [0.3, 0.4) is 0 Å². The average molecular weight is 670 g/mol. The van der Waals surface area contributed by atoms with Crippen molar-refractivity contribution in [3.05, 3.63) is 95.8 Å². The maximum absolute atomic E-state index is 13.1. The average Bonchev–Trinajstić information content (AvgIpc) is 2.77. The van der Waals surface area contributed by atoms with Crippen LogP contribution in [0.5, 0.6) is 5.75 Å². The molecular weight excluding hydrogens is 655 g/mol. The van der Waals surface area contributed by atoms with E-state index in [2.05, 4.69) is 53.1 Å². The molecule has 10 heteroatoms. The van der Waals surface area contributed by atoms with Crippen molar-refractivity contribution >= 4 is 89.0 Å². The fourth-order valence-corrected chi connectivity index (χ4v) is 5.11. The molecule has 1 heterocycles. The summed E-state index contributed by atoms with van der Waals surface area (Å²) in [6.07, 6.45) is 1.41. The van der Waals surface area contributed by atoms with E-state index in [1.54, 1.807) is 30.3 Å². The minimum absolute atomic E-state index is 0.193. The molecule has 1 aliphatic rings. The summed E-state index contributed by atoms with van der Waals surface area (Å²) in [5.41, 5.74) is 1.60. The number of nitrogens with one attached hydrogen (secondary N) is 1. The lowest BCUT2D eigenvalue weighted by Gasteiger charge is -2.26. The van der Waals surface area contributed by atoms with Crippen molar-refractivity contribution in [2.24, 2.45) is 0 Å². The zero-order valence-corrected chi connectivity index (χ0v) is 22.7. The first kappa shape index (κ1) is 24.7. The third-order valence-corrected chi connectivity index (χ3v) is 6.74. The van der Waals surface area contributed by atoms with Crippen LogP contribution in [-0.2, 0) is 16.2 Å². The lowest BCUT2D eigenvalue weighted by molar-refractivity contribution is -0.122. The summed E-state index contributed by atoms with van der Waals surface area (Å²) in [7, 11) is 0. The first-order valence-electron chi connectivity index (χ1n) is 9.76. The van der Waals surface area contributed by atoms with E-state index >= 15 is 0 Å². The number of anilines is 1. The van der Waals surface area contributed by atoms with E-state index in [1.165, 1.54) is 12.1 Å². The first-order chi connectivity index (χ1) is 16.2. The fourth-order valence-electron chi connectivity index (χ4n) is 3.21. The zero-order chi connectivity index (χ0) is 24.4. The van der Waals surface area contributed by atoms with Gasteiger partial charge in [-0.25, -0.2) is 9.69 Å². The lowest BCUT2D eigenvalue weighted by atomic mass is 10.1. The predicted molar refractivity (Wildman–Crippen MR) is 141 cm³/mol. The molecule has 0 saturated carbocycles. The number of hydrogen-bond acceptors (Lipinski definition) is 4. The highest BCUT2D eigenvalue weighted by atomic mass is 79.9. The molecule has 3 aromatic rings. The van der Waals surface area contributed by atoms with E-state index in [0.29, 0.717) is 31.9 Å². The third kappa shape index (κ3) is 5.43. The van der Waals surface area contributed by atoms with Crippen LogP contribution >= 0.6 is 59.4 Å². The fraction of sp³-hybridized carbons (Fsp3) is 0.0417. The van der Waals surface area contributed by atoms with E-state index < -0.39 is 17.8 Å². The highest BCUT2D eigenvalue weighted by Crippen LogP contribution is 2.36. The van der Waals surface area contributed by atoms with Crippen molar-refractivity contribution in [2.45, 2.75) is 6.61 Å². The second kappa shape index (κ2) is 10.4. The molecule has 0 aliphatic carbocycles. The molecule has 1 aliphatic heterocycles. The summed E-state index contributed by atoms with van der Waals surface area (Å²) in [4.78, 5) is 38.7. The zero-order valence-electron chi connectivity index (χ0n) is 17.2. The minimum atomic E-state index is -0.839. The van der Waals surface area contributed by atoms with Gasteiger partial charge < -0.3 is 4.74 Å². The van der Waals surface area contributed by atoms with Crippen LogP contribution in [0, 0.1) is 0 Å². The van der Waals surface area contributed by atoms with Gasteiger partial charge in [0.25, 0.3) is 11.8 Å². The molecule has 6 nitrogen and oxygen atoms in total. The van der Waals surface area contributed by atoms with Crippen molar-refractivity contribution in [1.82, 2.24) is 5.32 Å². The molecular formula is C24H14Br3ClN2O4. The van der Waals surface area contributed by atoms with Gasteiger partial charge in [-0.1, -0.05) is 45.7 Å². The second-order valence-electron chi connectivity index (χ2n) is 7.17. The van der Waals surface area contributed by atoms with E-state index in [9.17, 15) is 14.4 Å². The SMILES string of the molecule is O=C1NC(=O)N(c2cccc(Cl)c2)C(=O)/C1=C/c1cc(Br)c(OCc2ccc(Br)cc2)c(Br)c1. The number of rotatable bonds is 5. The number of halogens is 4. The Balaban J connectivity index is 1.60. The number of carbonyl (C=O) groups excluding carboxylic acids is 3. The number of amides is 4. The van der Waals surface area contributed by atoms with Gasteiger partial charge in [0.1, 0.15) is 17.9 Å². The molecule has 0 aromatic heterocycles.